The minimum absolute atomic E-state index is 0.190. The summed E-state index contributed by atoms with van der Waals surface area (Å²) >= 11 is 3.65. The predicted molar refractivity (Wildman–Crippen MR) is 39.7 cm³/mol. The van der Waals surface area contributed by atoms with Gasteiger partial charge in [0.05, 0.1) is 0 Å². The van der Waals surface area contributed by atoms with E-state index < -0.39 is 12.0 Å². The van der Waals surface area contributed by atoms with Gasteiger partial charge in [0.25, 0.3) is 0 Å². The molecule has 0 rings (SSSR count). The van der Waals surface area contributed by atoms with Crippen LogP contribution in [-0.2, 0) is 9.59 Å². The molecule has 0 aliphatic heterocycles. The lowest BCUT2D eigenvalue weighted by atomic mass is 10.4. The van der Waals surface area contributed by atoms with Crippen LogP contribution in [0.3, 0.4) is 0 Å². The van der Waals surface area contributed by atoms with Gasteiger partial charge >= 0.3 is 5.97 Å². The standard InChI is InChI=1S/C3H7NO2S.CH3NO/c4-2(1-7)3(5)6;2-1-3/h2,7H,1,4H2,(H,5,6);1H,(H2,2,3)/t2-;/m0./s1. The molecular formula is C4H10N2O3S. The number of hydrogen-bond acceptors (Lipinski definition) is 4. The van der Waals surface area contributed by atoms with Crippen LogP contribution in [0.2, 0.25) is 0 Å². The topological polar surface area (TPSA) is 106 Å². The lowest BCUT2D eigenvalue weighted by Crippen LogP contribution is -2.31. The van der Waals surface area contributed by atoms with Gasteiger partial charge in [-0.15, -0.1) is 0 Å². The van der Waals surface area contributed by atoms with Crippen LogP contribution in [0.5, 0.6) is 0 Å². The van der Waals surface area contributed by atoms with Gasteiger partial charge in [-0.05, 0) is 0 Å². The number of carboxylic acids is 1. The van der Waals surface area contributed by atoms with Crippen LogP contribution >= 0.6 is 12.6 Å². The SMILES string of the molecule is NC=O.N[C@@H](CS)C(=O)O. The summed E-state index contributed by atoms with van der Waals surface area (Å²) in [4.78, 5) is 18.3. The summed E-state index contributed by atoms with van der Waals surface area (Å²) in [6.07, 6.45) is 0.250. The van der Waals surface area contributed by atoms with E-state index in [0.717, 1.165) is 0 Å². The van der Waals surface area contributed by atoms with Crippen LogP contribution in [0.25, 0.3) is 0 Å². The highest BCUT2D eigenvalue weighted by molar-refractivity contribution is 7.80. The molecule has 0 saturated carbocycles. The first-order chi connectivity index (χ1) is 4.59. The van der Waals surface area contributed by atoms with Crippen molar-refractivity contribution in [3.05, 3.63) is 0 Å². The second kappa shape index (κ2) is 8.25. The van der Waals surface area contributed by atoms with Gasteiger partial charge < -0.3 is 16.6 Å². The summed E-state index contributed by atoms with van der Waals surface area (Å²) in [5.74, 6) is -0.815. The Hall–Kier alpha value is -0.750. The molecule has 10 heavy (non-hydrogen) atoms. The van der Waals surface area contributed by atoms with Crippen molar-refractivity contribution in [2.24, 2.45) is 11.5 Å². The first kappa shape index (κ1) is 12.0. The van der Waals surface area contributed by atoms with Crippen molar-refractivity contribution in [1.82, 2.24) is 0 Å². The molecule has 0 radical (unpaired) electrons. The molecule has 1 amide bonds. The largest absolute Gasteiger partial charge is 0.480 e. The van der Waals surface area contributed by atoms with Crippen molar-refractivity contribution in [2.75, 3.05) is 5.75 Å². The lowest BCUT2D eigenvalue weighted by Gasteiger charge is -1.96. The van der Waals surface area contributed by atoms with Crippen LogP contribution in [0, 0.1) is 0 Å². The molecule has 5 nitrogen and oxygen atoms in total. The Kier molecular flexibility index (Phi) is 9.88. The van der Waals surface area contributed by atoms with E-state index in [-0.39, 0.29) is 12.2 Å². The molecule has 6 heteroatoms. The highest BCUT2D eigenvalue weighted by Crippen LogP contribution is 1.80. The molecule has 0 bridgehead atoms. The van der Waals surface area contributed by atoms with Crippen LogP contribution in [0.4, 0.5) is 0 Å². The summed E-state index contributed by atoms with van der Waals surface area (Å²) < 4.78 is 0. The van der Waals surface area contributed by atoms with Crippen LogP contribution in [0.1, 0.15) is 0 Å². The van der Waals surface area contributed by atoms with E-state index in [9.17, 15) is 4.79 Å². The molecular weight excluding hydrogens is 156 g/mol. The molecule has 0 spiro atoms. The first-order valence-corrected chi connectivity index (χ1v) is 2.98. The fraction of sp³-hybridized carbons (Fsp3) is 0.500. The van der Waals surface area contributed by atoms with E-state index in [1.807, 2.05) is 0 Å². The number of aliphatic carboxylic acids is 1. The Morgan fingerprint density at radius 1 is 1.80 bits per heavy atom. The molecule has 0 heterocycles. The number of thiol groups is 1. The number of primary amides is 1. The van der Waals surface area contributed by atoms with Crippen molar-refractivity contribution < 1.29 is 14.7 Å². The van der Waals surface area contributed by atoms with Crippen molar-refractivity contribution in [3.8, 4) is 0 Å². The van der Waals surface area contributed by atoms with E-state index in [2.05, 4.69) is 18.4 Å². The summed E-state index contributed by atoms with van der Waals surface area (Å²) in [6, 6.07) is -0.816. The molecule has 0 aliphatic rings. The fourth-order valence-corrected chi connectivity index (χ4v) is 0.234. The summed E-state index contributed by atoms with van der Waals surface area (Å²) in [7, 11) is 0. The molecule has 0 aliphatic carbocycles. The van der Waals surface area contributed by atoms with Crippen molar-refractivity contribution in [1.29, 1.82) is 0 Å². The zero-order valence-corrected chi connectivity index (χ0v) is 6.12. The number of rotatable bonds is 2. The summed E-state index contributed by atoms with van der Waals surface area (Å²) in [6.45, 7) is 0. The third kappa shape index (κ3) is 10.3. The third-order valence-electron chi connectivity index (χ3n) is 0.514. The molecule has 0 unspecified atom stereocenters. The number of amides is 1. The van der Waals surface area contributed by atoms with Crippen LogP contribution in [-0.4, -0.2) is 29.3 Å². The fourth-order valence-electron chi connectivity index (χ4n) is 0.0781. The Morgan fingerprint density at radius 2 is 2.10 bits per heavy atom. The maximum atomic E-state index is 9.76. The van der Waals surface area contributed by atoms with Gasteiger partial charge in [-0.3, -0.25) is 9.59 Å². The van der Waals surface area contributed by atoms with E-state index in [4.69, 9.17) is 15.6 Å². The van der Waals surface area contributed by atoms with Gasteiger partial charge in [0, 0.05) is 5.75 Å². The minimum atomic E-state index is -1.00. The highest BCUT2D eigenvalue weighted by Gasteiger charge is 2.06. The van der Waals surface area contributed by atoms with Crippen molar-refractivity contribution in [2.45, 2.75) is 6.04 Å². The van der Waals surface area contributed by atoms with Gasteiger partial charge in [-0.1, -0.05) is 0 Å². The smallest absolute Gasteiger partial charge is 0.321 e. The lowest BCUT2D eigenvalue weighted by molar-refractivity contribution is -0.137. The first-order valence-electron chi connectivity index (χ1n) is 2.34. The van der Waals surface area contributed by atoms with E-state index in [1.54, 1.807) is 0 Å². The molecule has 0 fully saturated rings. The maximum absolute atomic E-state index is 9.76. The maximum Gasteiger partial charge on any atom is 0.321 e. The number of hydrogen-bond donors (Lipinski definition) is 4. The van der Waals surface area contributed by atoms with Gasteiger partial charge in [-0.25, -0.2) is 0 Å². The quantitative estimate of drug-likeness (QED) is 0.293. The summed E-state index contributed by atoms with van der Waals surface area (Å²) in [5.41, 5.74) is 9.11. The molecule has 0 saturated heterocycles. The van der Waals surface area contributed by atoms with E-state index in [0.29, 0.717) is 0 Å². The molecule has 0 aromatic carbocycles. The third-order valence-corrected chi connectivity index (χ3v) is 0.907. The molecule has 5 N–H and O–H groups in total. The zero-order chi connectivity index (χ0) is 8.57. The average Bonchev–Trinajstić information content (AvgIpc) is 1.88. The average molecular weight is 166 g/mol. The Labute approximate surface area is 63.8 Å². The molecule has 0 aromatic heterocycles. The second-order valence-electron chi connectivity index (χ2n) is 1.26. The number of carbonyl (C=O) groups excluding carboxylic acids is 1. The monoisotopic (exact) mass is 166 g/mol. The Bertz CT molecular complexity index is 109. The van der Waals surface area contributed by atoms with Gasteiger partial charge in [0.2, 0.25) is 6.41 Å². The van der Waals surface area contributed by atoms with E-state index in [1.165, 1.54) is 0 Å². The van der Waals surface area contributed by atoms with Gasteiger partial charge in [0.15, 0.2) is 0 Å². The number of carboxylic acid groups (broad SMARTS) is 1. The van der Waals surface area contributed by atoms with Crippen molar-refractivity contribution >= 4 is 25.0 Å². The molecule has 60 valence electrons. The minimum Gasteiger partial charge on any atom is -0.480 e. The summed E-state index contributed by atoms with van der Waals surface area (Å²) in [5, 5.41) is 8.01. The Balaban J connectivity index is 0. The van der Waals surface area contributed by atoms with Crippen molar-refractivity contribution in [3.63, 3.8) is 0 Å². The van der Waals surface area contributed by atoms with Crippen LogP contribution in [0.15, 0.2) is 0 Å². The Morgan fingerprint density at radius 3 is 2.10 bits per heavy atom. The normalized spacial score (nSPS) is 10.6. The highest BCUT2D eigenvalue weighted by atomic mass is 32.1. The van der Waals surface area contributed by atoms with Crippen LogP contribution < -0.4 is 11.5 Å². The van der Waals surface area contributed by atoms with Gasteiger partial charge in [-0.2, -0.15) is 12.6 Å². The second-order valence-corrected chi connectivity index (χ2v) is 1.63. The predicted octanol–water partition coefficient (Wildman–Crippen LogP) is -1.57. The van der Waals surface area contributed by atoms with E-state index >= 15 is 0 Å². The number of nitrogens with two attached hydrogens (primary N) is 2. The molecule has 1 atom stereocenters. The molecule has 0 aromatic rings. The number of carbonyl (C=O) groups is 2. The van der Waals surface area contributed by atoms with Gasteiger partial charge in [0.1, 0.15) is 6.04 Å². The zero-order valence-electron chi connectivity index (χ0n) is 5.23.